The Labute approximate surface area is 180 Å². The second kappa shape index (κ2) is 10.4. The first kappa shape index (κ1) is 22.1. The second-order valence-electron chi connectivity index (χ2n) is 7.14. The predicted molar refractivity (Wildman–Crippen MR) is 119 cm³/mol. The molecule has 3 N–H and O–H groups in total. The minimum Gasteiger partial charge on any atom is -0.375 e. The number of likely N-dealkylation sites (N-methyl/N-ethyl adjacent to an activating group) is 1. The zero-order chi connectivity index (χ0) is 21.5. The summed E-state index contributed by atoms with van der Waals surface area (Å²) in [6.07, 6.45) is 1.14. The summed E-state index contributed by atoms with van der Waals surface area (Å²) in [5.74, 6) is -1.09. The summed E-state index contributed by atoms with van der Waals surface area (Å²) in [6.45, 7) is 2.88. The Morgan fingerprint density at radius 2 is 2.03 bits per heavy atom. The maximum Gasteiger partial charge on any atom is 0.184 e. The molecule has 9 heteroatoms. The molecular weight excluding hydrogens is 408 g/mol. The largest absolute Gasteiger partial charge is 0.375 e. The van der Waals surface area contributed by atoms with E-state index in [0.717, 1.165) is 24.4 Å². The number of hydrogen-bond donors (Lipinski definition) is 2. The predicted octanol–water partition coefficient (Wildman–Crippen LogP) is 2.47. The van der Waals surface area contributed by atoms with Gasteiger partial charge in [-0.05, 0) is 30.9 Å². The molecule has 0 radical (unpaired) electrons. The van der Waals surface area contributed by atoms with E-state index < -0.39 is 11.6 Å². The highest BCUT2D eigenvalue weighted by molar-refractivity contribution is 7.80. The van der Waals surface area contributed by atoms with Gasteiger partial charge in [-0.3, -0.25) is 10.3 Å². The molecule has 2 aromatic rings. The molecule has 2 aromatic carbocycles. The lowest BCUT2D eigenvalue weighted by atomic mass is 10.1. The number of ether oxygens (including phenoxy) is 1. The van der Waals surface area contributed by atoms with Crippen molar-refractivity contribution in [2.75, 3.05) is 38.2 Å². The van der Waals surface area contributed by atoms with Gasteiger partial charge in [0.05, 0.1) is 31.2 Å². The van der Waals surface area contributed by atoms with Gasteiger partial charge in [-0.15, -0.1) is 0 Å². The van der Waals surface area contributed by atoms with Crippen LogP contribution in [0.25, 0.3) is 0 Å². The third-order valence-electron chi connectivity index (χ3n) is 4.98. The van der Waals surface area contributed by atoms with Crippen molar-refractivity contribution >= 4 is 29.2 Å². The quantitative estimate of drug-likeness (QED) is 0.397. The van der Waals surface area contributed by atoms with E-state index >= 15 is 0 Å². The van der Waals surface area contributed by atoms with Crippen LogP contribution >= 0.6 is 12.2 Å². The first-order valence-corrected chi connectivity index (χ1v) is 9.99. The van der Waals surface area contributed by atoms with Gasteiger partial charge < -0.3 is 15.4 Å². The van der Waals surface area contributed by atoms with Crippen LogP contribution in [0.5, 0.6) is 0 Å². The number of piperazine rings is 1. The van der Waals surface area contributed by atoms with Gasteiger partial charge in [0.15, 0.2) is 5.11 Å². The number of hydrazone groups is 1. The minimum absolute atomic E-state index is 0.0110. The molecule has 1 saturated heterocycles. The summed E-state index contributed by atoms with van der Waals surface area (Å²) in [6, 6.07) is 12.3. The first-order valence-electron chi connectivity index (χ1n) is 9.58. The lowest BCUT2D eigenvalue weighted by molar-refractivity contribution is 0.0556. The number of anilines is 1. The summed E-state index contributed by atoms with van der Waals surface area (Å²) in [7, 11) is 2.01. The number of thiocarbonyl (C=S) groups is 1. The van der Waals surface area contributed by atoms with E-state index in [2.05, 4.69) is 27.6 Å². The summed E-state index contributed by atoms with van der Waals surface area (Å²) in [5, 5.41) is 3.63. The van der Waals surface area contributed by atoms with E-state index in [4.69, 9.17) is 10.5 Å². The van der Waals surface area contributed by atoms with Gasteiger partial charge in [0.2, 0.25) is 0 Å². The van der Waals surface area contributed by atoms with E-state index in [0.29, 0.717) is 26.3 Å². The molecule has 6 nitrogen and oxygen atoms in total. The van der Waals surface area contributed by atoms with Crippen LogP contribution in [0.3, 0.4) is 0 Å². The number of nitrogens with two attached hydrogens (primary N) is 1. The molecule has 1 heterocycles. The van der Waals surface area contributed by atoms with Crippen LogP contribution in [0.4, 0.5) is 14.5 Å². The fraction of sp³-hybridized carbons (Fsp3) is 0.333. The molecule has 0 aliphatic carbocycles. The average molecular weight is 434 g/mol. The Hall–Kier alpha value is -2.62. The zero-order valence-electron chi connectivity index (χ0n) is 16.7. The van der Waals surface area contributed by atoms with Crippen LogP contribution < -0.4 is 16.1 Å². The first-order chi connectivity index (χ1) is 14.4. The highest BCUT2D eigenvalue weighted by atomic mass is 32.1. The van der Waals surface area contributed by atoms with Crippen LogP contribution in [-0.2, 0) is 11.3 Å². The Bertz CT molecular complexity index is 896. The topological polar surface area (TPSA) is 66.1 Å². The summed E-state index contributed by atoms with van der Waals surface area (Å²) >= 11 is 4.62. The lowest BCUT2D eigenvalue weighted by Gasteiger charge is -2.40. The van der Waals surface area contributed by atoms with Gasteiger partial charge >= 0.3 is 0 Å². The van der Waals surface area contributed by atoms with Crippen LogP contribution in [0.2, 0.25) is 0 Å². The number of rotatable bonds is 7. The smallest absolute Gasteiger partial charge is 0.184 e. The number of nitrogens with one attached hydrogen (secondary N) is 1. The number of halogens is 2. The molecule has 1 aliphatic heterocycles. The van der Waals surface area contributed by atoms with Crippen molar-refractivity contribution < 1.29 is 13.5 Å². The maximum absolute atomic E-state index is 14.7. The SMILES string of the molecule is CN1CCN(c2cc(F)c(C=NNC(N)=S)cc2F)C[C@@H]1COCc1ccccc1. The van der Waals surface area contributed by atoms with E-state index in [1.807, 2.05) is 42.3 Å². The van der Waals surface area contributed by atoms with Gasteiger partial charge in [-0.2, -0.15) is 5.10 Å². The van der Waals surface area contributed by atoms with Gasteiger partial charge in [0.25, 0.3) is 0 Å². The van der Waals surface area contributed by atoms with Crippen LogP contribution in [0.1, 0.15) is 11.1 Å². The molecule has 160 valence electrons. The molecule has 0 aromatic heterocycles. The van der Waals surface area contributed by atoms with Gasteiger partial charge in [0, 0.05) is 31.3 Å². The monoisotopic (exact) mass is 433 g/mol. The van der Waals surface area contributed by atoms with Crippen molar-refractivity contribution in [1.29, 1.82) is 0 Å². The third kappa shape index (κ3) is 5.94. The maximum atomic E-state index is 14.7. The van der Waals surface area contributed by atoms with Crippen LogP contribution in [0, 0.1) is 11.6 Å². The standard InChI is InChI=1S/C21H25F2N5OS/c1-27-7-8-28(12-17(27)14-29-13-15-5-3-2-4-6-15)20-10-18(22)16(9-19(20)23)11-25-26-21(24)30/h2-6,9-11,17H,7-8,12-14H2,1H3,(H3,24,26,30)/t17-/m1/s1. The molecule has 0 unspecified atom stereocenters. The average Bonchev–Trinajstić information content (AvgIpc) is 2.72. The molecule has 0 saturated carbocycles. The molecule has 0 amide bonds. The van der Waals surface area contributed by atoms with Crippen LogP contribution in [0.15, 0.2) is 47.6 Å². The minimum atomic E-state index is -0.573. The second-order valence-corrected chi connectivity index (χ2v) is 7.58. The Morgan fingerprint density at radius 3 is 2.77 bits per heavy atom. The summed E-state index contributed by atoms with van der Waals surface area (Å²) in [4.78, 5) is 4.03. The molecule has 1 atom stereocenters. The lowest BCUT2D eigenvalue weighted by Crippen LogP contribution is -2.53. The third-order valence-corrected chi connectivity index (χ3v) is 5.08. The molecule has 30 heavy (non-hydrogen) atoms. The molecular formula is C21H25F2N5OS. The zero-order valence-corrected chi connectivity index (χ0v) is 17.5. The Kier molecular flexibility index (Phi) is 7.67. The van der Waals surface area contributed by atoms with Crippen LogP contribution in [-0.4, -0.2) is 55.6 Å². The van der Waals surface area contributed by atoms with Gasteiger partial charge in [0.1, 0.15) is 11.6 Å². The highest BCUT2D eigenvalue weighted by Crippen LogP contribution is 2.25. The summed E-state index contributed by atoms with van der Waals surface area (Å²) in [5.41, 5.74) is 8.92. The van der Waals surface area contributed by atoms with Crippen molar-refractivity contribution in [3.8, 4) is 0 Å². The van der Waals surface area contributed by atoms with Crippen molar-refractivity contribution in [1.82, 2.24) is 10.3 Å². The fourth-order valence-electron chi connectivity index (χ4n) is 3.29. The van der Waals surface area contributed by atoms with Crippen molar-refractivity contribution in [3.63, 3.8) is 0 Å². The van der Waals surface area contributed by atoms with E-state index in [9.17, 15) is 8.78 Å². The van der Waals surface area contributed by atoms with E-state index in [1.165, 1.54) is 6.07 Å². The summed E-state index contributed by atoms with van der Waals surface area (Å²) < 4.78 is 35.0. The van der Waals surface area contributed by atoms with Gasteiger partial charge in [-0.25, -0.2) is 8.78 Å². The molecule has 3 rings (SSSR count). The van der Waals surface area contributed by atoms with E-state index in [1.54, 1.807) is 0 Å². The molecule has 1 aliphatic rings. The highest BCUT2D eigenvalue weighted by Gasteiger charge is 2.27. The van der Waals surface area contributed by atoms with E-state index in [-0.39, 0.29) is 22.4 Å². The number of nitrogens with zero attached hydrogens (tertiary/aromatic N) is 3. The normalized spacial score (nSPS) is 17.4. The molecule has 0 bridgehead atoms. The molecule has 1 fully saturated rings. The van der Waals surface area contributed by atoms with Crippen molar-refractivity contribution in [3.05, 3.63) is 65.2 Å². The number of hydrogen-bond acceptors (Lipinski definition) is 5. The Balaban J connectivity index is 1.64. The Morgan fingerprint density at radius 1 is 1.27 bits per heavy atom. The van der Waals surface area contributed by atoms with Crippen molar-refractivity contribution in [2.24, 2.45) is 10.8 Å². The van der Waals surface area contributed by atoms with Gasteiger partial charge in [-0.1, -0.05) is 30.3 Å². The molecule has 0 spiro atoms. The van der Waals surface area contributed by atoms with Crippen molar-refractivity contribution in [2.45, 2.75) is 12.6 Å². The number of benzene rings is 2. The fourth-order valence-corrected chi connectivity index (χ4v) is 3.34.